The van der Waals surface area contributed by atoms with Crippen LogP contribution in [0.25, 0.3) is 33.7 Å². The Morgan fingerprint density at radius 1 is 1.16 bits per heavy atom. The van der Waals surface area contributed by atoms with E-state index in [1.165, 1.54) is 0 Å². The molecule has 158 valence electrons. The van der Waals surface area contributed by atoms with Crippen molar-refractivity contribution in [1.29, 1.82) is 0 Å². The monoisotopic (exact) mass is 443 g/mol. The van der Waals surface area contributed by atoms with Crippen LogP contribution in [0.15, 0.2) is 42.9 Å². The zero-order chi connectivity index (χ0) is 21.8. The van der Waals surface area contributed by atoms with Crippen LogP contribution in [0.4, 0.5) is 11.4 Å². The van der Waals surface area contributed by atoms with Crippen LogP contribution in [-0.4, -0.2) is 34.0 Å². The number of carbonyl (C=O) groups excluding carboxylic acids is 1. The van der Waals surface area contributed by atoms with Crippen molar-refractivity contribution < 1.29 is 9.53 Å². The minimum absolute atomic E-state index is 0.166. The summed E-state index contributed by atoms with van der Waals surface area (Å²) in [5, 5.41) is 7.81. The van der Waals surface area contributed by atoms with Crippen molar-refractivity contribution in [3.8, 4) is 17.0 Å². The Morgan fingerprint density at radius 2 is 2.06 bits per heavy atom. The van der Waals surface area contributed by atoms with Gasteiger partial charge in [0.2, 0.25) is 5.88 Å². The fourth-order valence-corrected chi connectivity index (χ4v) is 4.55. The lowest BCUT2D eigenvalue weighted by molar-refractivity contribution is -0.110. The van der Waals surface area contributed by atoms with Gasteiger partial charge in [-0.3, -0.25) is 9.78 Å². The van der Waals surface area contributed by atoms with Gasteiger partial charge in [-0.05, 0) is 42.8 Å². The molecule has 2 aliphatic rings. The van der Waals surface area contributed by atoms with E-state index in [1.807, 2.05) is 31.2 Å². The number of rotatable bonds is 2. The zero-order valence-corrected chi connectivity index (χ0v) is 17.9. The number of carbonyl (C=O) groups is 1. The van der Waals surface area contributed by atoms with Crippen LogP contribution in [0, 0.1) is 6.92 Å². The molecule has 32 heavy (non-hydrogen) atoms. The van der Waals surface area contributed by atoms with Crippen LogP contribution >= 0.6 is 11.6 Å². The molecule has 0 bridgehead atoms. The van der Waals surface area contributed by atoms with Gasteiger partial charge < -0.3 is 20.4 Å². The number of anilines is 2. The molecule has 1 amide bonds. The summed E-state index contributed by atoms with van der Waals surface area (Å²) < 4.78 is 5.64. The van der Waals surface area contributed by atoms with Crippen LogP contribution in [0.2, 0.25) is 5.02 Å². The number of halogens is 1. The Labute approximate surface area is 188 Å². The summed E-state index contributed by atoms with van der Waals surface area (Å²) >= 11 is 6.64. The molecule has 8 heteroatoms. The van der Waals surface area contributed by atoms with E-state index in [0.29, 0.717) is 28.8 Å². The summed E-state index contributed by atoms with van der Waals surface area (Å²) in [6.07, 6.45) is 7.15. The highest BCUT2D eigenvalue weighted by Gasteiger charge is 2.27. The highest BCUT2D eigenvalue weighted by Crippen LogP contribution is 2.43. The number of hydrogen-bond donors (Lipinski definition) is 3. The van der Waals surface area contributed by atoms with Crippen LogP contribution in [-0.2, 0) is 4.79 Å². The summed E-state index contributed by atoms with van der Waals surface area (Å²) in [4.78, 5) is 24.7. The van der Waals surface area contributed by atoms with Gasteiger partial charge in [0.25, 0.3) is 5.91 Å². The molecule has 0 fully saturated rings. The summed E-state index contributed by atoms with van der Waals surface area (Å²) in [5.74, 6) is 0.431. The third kappa shape index (κ3) is 2.93. The Morgan fingerprint density at radius 3 is 2.94 bits per heavy atom. The Bertz CT molecular complexity index is 1420. The standard InChI is InChI=1S/C24H18ClN5O2/c1-12-18(11-28-24-22(12)27-4-5-32-24)15-8-16-17(23(31)30-21(16)9-19(15)25)7-14-6-13-10-26-3-2-20(13)29-14/h2-3,6-11,27,29H,4-5H2,1H3,(H,30,31)/b17-7-. The van der Waals surface area contributed by atoms with E-state index in [9.17, 15) is 4.79 Å². The predicted octanol–water partition coefficient (Wildman–Crippen LogP) is 4.88. The Balaban J connectivity index is 1.48. The third-order valence-corrected chi connectivity index (χ3v) is 6.18. The van der Waals surface area contributed by atoms with Crippen molar-refractivity contribution >= 4 is 51.4 Å². The van der Waals surface area contributed by atoms with E-state index in [0.717, 1.165) is 51.1 Å². The molecule has 7 nitrogen and oxygen atoms in total. The molecule has 0 saturated carbocycles. The second-order valence-electron chi connectivity index (χ2n) is 7.83. The van der Waals surface area contributed by atoms with Crippen LogP contribution in [0.5, 0.6) is 5.88 Å². The minimum atomic E-state index is -0.166. The number of H-pyrrole nitrogens is 1. The van der Waals surface area contributed by atoms with E-state index >= 15 is 0 Å². The highest BCUT2D eigenvalue weighted by atomic mass is 35.5. The molecule has 3 aromatic heterocycles. The van der Waals surface area contributed by atoms with Crippen LogP contribution in [0.1, 0.15) is 16.8 Å². The average Bonchev–Trinajstić information content (AvgIpc) is 3.34. The summed E-state index contributed by atoms with van der Waals surface area (Å²) in [6, 6.07) is 7.62. The largest absolute Gasteiger partial charge is 0.474 e. The topological polar surface area (TPSA) is 91.9 Å². The fourth-order valence-electron chi connectivity index (χ4n) is 4.28. The number of hydrogen-bond acceptors (Lipinski definition) is 5. The van der Waals surface area contributed by atoms with E-state index in [-0.39, 0.29) is 5.91 Å². The molecule has 6 rings (SSSR count). The first kappa shape index (κ1) is 18.9. The van der Waals surface area contributed by atoms with E-state index in [2.05, 4.69) is 25.6 Å². The quantitative estimate of drug-likeness (QED) is 0.384. The molecule has 3 N–H and O–H groups in total. The summed E-state index contributed by atoms with van der Waals surface area (Å²) in [5.41, 5.74) is 7.44. The molecule has 0 unspecified atom stereocenters. The van der Waals surface area contributed by atoms with Crippen LogP contribution in [0.3, 0.4) is 0 Å². The van der Waals surface area contributed by atoms with E-state index in [4.69, 9.17) is 16.3 Å². The van der Waals surface area contributed by atoms with Crippen molar-refractivity contribution in [1.82, 2.24) is 15.0 Å². The number of benzene rings is 1. The predicted molar refractivity (Wildman–Crippen MR) is 126 cm³/mol. The molecule has 0 saturated heterocycles. The van der Waals surface area contributed by atoms with Gasteiger partial charge in [-0.1, -0.05) is 11.6 Å². The number of ether oxygens (including phenoxy) is 1. The number of aromatic nitrogens is 3. The van der Waals surface area contributed by atoms with Gasteiger partial charge in [0, 0.05) is 58.4 Å². The Kier molecular flexibility index (Phi) is 4.19. The summed E-state index contributed by atoms with van der Waals surface area (Å²) in [7, 11) is 0. The number of amides is 1. The molecule has 4 aromatic rings. The van der Waals surface area contributed by atoms with Gasteiger partial charge in [-0.25, -0.2) is 4.98 Å². The minimum Gasteiger partial charge on any atom is -0.474 e. The number of aromatic amines is 1. The number of fused-ring (bicyclic) bond motifs is 3. The van der Waals surface area contributed by atoms with E-state index in [1.54, 1.807) is 24.7 Å². The maximum absolute atomic E-state index is 12.8. The molecule has 0 spiro atoms. The molecule has 0 radical (unpaired) electrons. The van der Waals surface area contributed by atoms with Crippen molar-refractivity contribution in [2.75, 3.05) is 23.8 Å². The van der Waals surface area contributed by atoms with Crippen molar-refractivity contribution in [3.05, 3.63) is 64.7 Å². The molecular formula is C24H18ClN5O2. The molecule has 2 aliphatic heterocycles. The molecule has 0 aliphatic carbocycles. The smallest absolute Gasteiger partial charge is 0.256 e. The zero-order valence-electron chi connectivity index (χ0n) is 17.1. The molecular weight excluding hydrogens is 426 g/mol. The van der Waals surface area contributed by atoms with Crippen LogP contribution < -0.4 is 15.4 Å². The van der Waals surface area contributed by atoms with E-state index < -0.39 is 0 Å². The van der Waals surface area contributed by atoms with Gasteiger partial charge in [0.1, 0.15) is 12.3 Å². The van der Waals surface area contributed by atoms with Gasteiger partial charge in [-0.15, -0.1) is 0 Å². The number of pyridine rings is 2. The number of nitrogens with zero attached hydrogens (tertiary/aromatic N) is 2. The Hall–Kier alpha value is -3.84. The number of nitrogens with one attached hydrogen (secondary N) is 3. The van der Waals surface area contributed by atoms with Gasteiger partial charge in [0.15, 0.2) is 0 Å². The SMILES string of the molecule is Cc1c(-c2cc3c(cc2Cl)NC(=O)/C3=C\c2cc3cnccc3[nH]2)cnc2c1NCCO2. The second kappa shape index (κ2) is 7.10. The average molecular weight is 444 g/mol. The van der Waals surface area contributed by atoms with Crippen molar-refractivity contribution in [2.24, 2.45) is 0 Å². The van der Waals surface area contributed by atoms with Crippen molar-refractivity contribution in [3.63, 3.8) is 0 Å². The van der Waals surface area contributed by atoms with Gasteiger partial charge >= 0.3 is 0 Å². The van der Waals surface area contributed by atoms with Gasteiger partial charge in [0.05, 0.1) is 16.3 Å². The maximum atomic E-state index is 12.8. The molecule has 1 aromatic carbocycles. The first-order valence-corrected chi connectivity index (χ1v) is 10.6. The lowest BCUT2D eigenvalue weighted by atomic mass is 9.96. The fraction of sp³-hybridized carbons (Fsp3) is 0.125. The molecule has 5 heterocycles. The van der Waals surface area contributed by atoms with Crippen molar-refractivity contribution in [2.45, 2.75) is 6.92 Å². The lowest BCUT2D eigenvalue weighted by Crippen LogP contribution is -2.20. The lowest BCUT2D eigenvalue weighted by Gasteiger charge is -2.22. The molecule has 0 atom stereocenters. The summed E-state index contributed by atoms with van der Waals surface area (Å²) in [6.45, 7) is 3.33. The normalized spacial score (nSPS) is 15.8. The first-order valence-electron chi connectivity index (χ1n) is 10.2. The third-order valence-electron chi connectivity index (χ3n) is 5.87. The first-order chi connectivity index (χ1) is 15.6. The second-order valence-corrected chi connectivity index (χ2v) is 8.24. The highest BCUT2D eigenvalue weighted by molar-refractivity contribution is 6.38. The van der Waals surface area contributed by atoms with Gasteiger partial charge in [-0.2, -0.15) is 0 Å². The maximum Gasteiger partial charge on any atom is 0.256 e.